The van der Waals surface area contributed by atoms with E-state index in [0.29, 0.717) is 0 Å². The van der Waals surface area contributed by atoms with Crippen LogP contribution in [0.25, 0.3) is 5.57 Å². The molecule has 2 aliphatic rings. The molecule has 13 heavy (non-hydrogen) atoms. The first-order chi connectivity index (χ1) is 6.43. The molecule has 0 spiro atoms. The van der Waals surface area contributed by atoms with Crippen molar-refractivity contribution in [3.8, 4) is 0 Å². The predicted octanol–water partition coefficient (Wildman–Crippen LogP) is 2.37. The Morgan fingerprint density at radius 2 is 2.38 bits per heavy atom. The van der Waals surface area contributed by atoms with Crippen molar-refractivity contribution in [2.75, 3.05) is 13.1 Å². The van der Waals surface area contributed by atoms with Crippen LogP contribution >= 0.6 is 11.3 Å². The van der Waals surface area contributed by atoms with Crippen LogP contribution in [-0.4, -0.2) is 13.1 Å². The summed E-state index contributed by atoms with van der Waals surface area (Å²) in [5.74, 6) is 1.70. The van der Waals surface area contributed by atoms with Crippen molar-refractivity contribution in [1.82, 2.24) is 5.32 Å². The molecular weight excluding hydrogens is 178 g/mol. The third kappa shape index (κ3) is 1.25. The van der Waals surface area contributed by atoms with Gasteiger partial charge in [0.2, 0.25) is 0 Å². The van der Waals surface area contributed by atoms with Crippen molar-refractivity contribution >= 4 is 16.9 Å². The fourth-order valence-corrected chi connectivity index (χ4v) is 3.12. The van der Waals surface area contributed by atoms with Crippen molar-refractivity contribution in [2.45, 2.75) is 6.42 Å². The van der Waals surface area contributed by atoms with Crippen LogP contribution < -0.4 is 5.32 Å². The summed E-state index contributed by atoms with van der Waals surface area (Å²) in [7, 11) is 0. The number of hydrogen-bond acceptors (Lipinski definition) is 2. The molecule has 2 heteroatoms. The van der Waals surface area contributed by atoms with E-state index in [1.54, 1.807) is 16.9 Å². The fourth-order valence-electron chi connectivity index (χ4n) is 2.44. The normalized spacial score (nSPS) is 31.8. The number of nitrogens with one attached hydrogen (secondary N) is 1. The van der Waals surface area contributed by atoms with Gasteiger partial charge in [-0.15, -0.1) is 0 Å². The van der Waals surface area contributed by atoms with Gasteiger partial charge >= 0.3 is 0 Å². The SMILES string of the molecule is C1=C(c2ccsc2)C[C@H]2CNCC12. The van der Waals surface area contributed by atoms with Crippen molar-refractivity contribution in [2.24, 2.45) is 11.8 Å². The first kappa shape index (κ1) is 7.77. The molecule has 1 aliphatic heterocycles. The zero-order valence-electron chi connectivity index (χ0n) is 7.49. The van der Waals surface area contributed by atoms with Crippen molar-refractivity contribution < 1.29 is 0 Å². The Balaban J connectivity index is 1.88. The van der Waals surface area contributed by atoms with Gasteiger partial charge < -0.3 is 5.32 Å². The van der Waals surface area contributed by atoms with Crippen LogP contribution in [-0.2, 0) is 0 Å². The molecule has 1 aromatic rings. The van der Waals surface area contributed by atoms with Gasteiger partial charge in [-0.3, -0.25) is 0 Å². The molecule has 1 nitrogen and oxygen atoms in total. The molecule has 1 fully saturated rings. The second kappa shape index (κ2) is 2.96. The van der Waals surface area contributed by atoms with Gasteiger partial charge in [-0.2, -0.15) is 11.3 Å². The maximum Gasteiger partial charge on any atom is 0.00178 e. The van der Waals surface area contributed by atoms with Crippen LogP contribution in [0.4, 0.5) is 0 Å². The van der Waals surface area contributed by atoms with Crippen molar-refractivity contribution in [1.29, 1.82) is 0 Å². The number of rotatable bonds is 1. The molecule has 0 aromatic carbocycles. The Morgan fingerprint density at radius 1 is 1.38 bits per heavy atom. The van der Waals surface area contributed by atoms with Gasteiger partial charge in [-0.05, 0) is 52.8 Å². The lowest BCUT2D eigenvalue weighted by atomic mass is 9.99. The van der Waals surface area contributed by atoms with Crippen LogP contribution in [0.2, 0.25) is 0 Å². The topological polar surface area (TPSA) is 12.0 Å². The molecule has 0 bridgehead atoms. The van der Waals surface area contributed by atoms with Gasteiger partial charge in [0.1, 0.15) is 0 Å². The van der Waals surface area contributed by atoms with Gasteiger partial charge in [0.25, 0.3) is 0 Å². The maximum absolute atomic E-state index is 3.45. The molecule has 1 unspecified atom stereocenters. The van der Waals surface area contributed by atoms with E-state index in [9.17, 15) is 0 Å². The van der Waals surface area contributed by atoms with E-state index in [-0.39, 0.29) is 0 Å². The minimum absolute atomic E-state index is 0.815. The van der Waals surface area contributed by atoms with E-state index in [2.05, 4.69) is 28.2 Å². The van der Waals surface area contributed by atoms with E-state index >= 15 is 0 Å². The largest absolute Gasteiger partial charge is 0.316 e. The monoisotopic (exact) mass is 191 g/mol. The lowest BCUT2D eigenvalue weighted by Crippen LogP contribution is -2.08. The van der Waals surface area contributed by atoms with E-state index < -0.39 is 0 Å². The van der Waals surface area contributed by atoms with Gasteiger partial charge in [-0.1, -0.05) is 6.08 Å². The number of allylic oxidation sites excluding steroid dienone is 1. The summed E-state index contributed by atoms with van der Waals surface area (Å²) >= 11 is 1.80. The Kier molecular flexibility index (Phi) is 1.77. The summed E-state index contributed by atoms with van der Waals surface area (Å²) in [6.45, 7) is 2.41. The molecule has 1 aromatic heterocycles. The minimum atomic E-state index is 0.815. The molecule has 0 saturated carbocycles. The molecule has 2 atom stereocenters. The van der Waals surface area contributed by atoms with E-state index in [4.69, 9.17) is 0 Å². The quantitative estimate of drug-likeness (QED) is 0.718. The van der Waals surface area contributed by atoms with Crippen molar-refractivity contribution in [3.63, 3.8) is 0 Å². The van der Waals surface area contributed by atoms with Crippen molar-refractivity contribution in [3.05, 3.63) is 28.5 Å². The fraction of sp³-hybridized carbons (Fsp3) is 0.455. The van der Waals surface area contributed by atoms with Crippen LogP contribution in [0.15, 0.2) is 22.9 Å². The molecule has 2 heterocycles. The Bertz CT molecular complexity index is 326. The first-order valence-corrected chi connectivity index (χ1v) is 5.82. The highest BCUT2D eigenvalue weighted by Crippen LogP contribution is 2.38. The van der Waals surface area contributed by atoms with Crippen LogP contribution in [0, 0.1) is 11.8 Å². The third-order valence-electron chi connectivity index (χ3n) is 3.18. The maximum atomic E-state index is 3.45. The summed E-state index contributed by atoms with van der Waals surface area (Å²) in [6.07, 6.45) is 3.76. The standard InChI is InChI=1S/C11H13NS/c1-2-13-7-8(1)9-3-10-5-12-6-11(10)4-9/h1-3,7,10-12H,4-6H2/t10?,11-/m0/s1. The Labute approximate surface area is 82.5 Å². The summed E-state index contributed by atoms with van der Waals surface area (Å²) < 4.78 is 0. The lowest BCUT2D eigenvalue weighted by Gasteiger charge is -2.04. The summed E-state index contributed by atoms with van der Waals surface area (Å²) in [5.41, 5.74) is 3.04. The third-order valence-corrected chi connectivity index (χ3v) is 3.86. The van der Waals surface area contributed by atoms with E-state index in [1.165, 1.54) is 25.1 Å². The molecular formula is C11H13NS. The number of fused-ring (bicyclic) bond motifs is 1. The highest BCUT2D eigenvalue weighted by molar-refractivity contribution is 7.08. The average molecular weight is 191 g/mol. The Hall–Kier alpha value is -0.600. The van der Waals surface area contributed by atoms with Crippen LogP contribution in [0.1, 0.15) is 12.0 Å². The van der Waals surface area contributed by atoms with Gasteiger partial charge in [0.15, 0.2) is 0 Å². The summed E-state index contributed by atoms with van der Waals surface area (Å²) in [5, 5.41) is 7.88. The Morgan fingerprint density at radius 3 is 3.15 bits per heavy atom. The molecule has 0 radical (unpaired) electrons. The summed E-state index contributed by atoms with van der Waals surface area (Å²) in [6, 6.07) is 2.24. The summed E-state index contributed by atoms with van der Waals surface area (Å²) in [4.78, 5) is 0. The molecule has 0 amide bonds. The highest BCUT2D eigenvalue weighted by atomic mass is 32.1. The minimum Gasteiger partial charge on any atom is -0.316 e. The molecule has 3 rings (SSSR count). The first-order valence-electron chi connectivity index (χ1n) is 4.87. The molecule has 1 saturated heterocycles. The second-order valence-electron chi connectivity index (χ2n) is 3.99. The highest BCUT2D eigenvalue weighted by Gasteiger charge is 2.31. The van der Waals surface area contributed by atoms with Gasteiger partial charge in [-0.25, -0.2) is 0 Å². The zero-order valence-corrected chi connectivity index (χ0v) is 8.31. The second-order valence-corrected chi connectivity index (χ2v) is 4.77. The average Bonchev–Trinajstić information content (AvgIpc) is 2.78. The van der Waals surface area contributed by atoms with Gasteiger partial charge in [0.05, 0.1) is 0 Å². The van der Waals surface area contributed by atoms with Crippen LogP contribution in [0.5, 0.6) is 0 Å². The van der Waals surface area contributed by atoms with Gasteiger partial charge in [0, 0.05) is 6.54 Å². The smallest absolute Gasteiger partial charge is 0.00178 e. The number of thiophene rings is 1. The molecule has 1 aliphatic carbocycles. The zero-order chi connectivity index (χ0) is 8.67. The molecule has 68 valence electrons. The predicted molar refractivity (Wildman–Crippen MR) is 56.8 cm³/mol. The lowest BCUT2D eigenvalue weighted by molar-refractivity contribution is 0.536. The molecule has 1 N–H and O–H groups in total. The van der Waals surface area contributed by atoms with E-state index in [1.807, 2.05) is 0 Å². The number of hydrogen-bond donors (Lipinski definition) is 1. The van der Waals surface area contributed by atoms with Crippen LogP contribution in [0.3, 0.4) is 0 Å². The van der Waals surface area contributed by atoms with E-state index in [0.717, 1.165) is 11.8 Å².